The van der Waals surface area contributed by atoms with E-state index in [1.54, 1.807) is 0 Å². The molecule has 0 aromatic heterocycles. The van der Waals surface area contributed by atoms with E-state index in [1.165, 1.54) is 11.1 Å². The summed E-state index contributed by atoms with van der Waals surface area (Å²) in [7, 11) is 0. The highest BCUT2D eigenvalue weighted by molar-refractivity contribution is 5.77. The predicted octanol–water partition coefficient (Wildman–Crippen LogP) is 2.93. The first-order valence-corrected chi connectivity index (χ1v) is 7.77. The summed E-state index contributed by atoms with van der Waals surface area (Å²) in [6, 6.07) is 8.51. The average Bonchev–Trinajstić information content (AvgIpc) is 2.93. The van der Waals surface area contributed by atoms with Crippen molar-refractivity contribution in [3.63, 3.8) is 0 Å². The van der Waals surface area contributed by atoms with Crippen molar-refractivity contribution < 1.29 is 9.90 Å². The van der Waals surface area contributed by atoms with E-state index in [-0.39, 0.29) is 30.4 Å². The molecule has 1 unspecified atom stereocenters. The third kappa shape index (κ3) is 4.43. The zero-order valence-electron chi connectivity index (χ0n) is 12.9. The molecule has 0 saturated carbocycles. The molecule has 1 aromatic carbocycles. The van der Waals surface area contributed by atoms with Crippen LogP contribution in [-0.2, 0) is 4.79 Å². The standard InChI is InChI=1S/C18H25NO2/c1-3-15(16-7-4-13(2)5-8-16)11-18(21)19-17-9-6-14(10-17)12-20/h4-9,14-15,17,20H,3,10-12H2,1-2H3,(H,19,21)/t14-,15?,17+/m0/s1. The highest BCUT2D eigenvalue weighted by Gasteiger charge is 2.21. The Morgan fingerprint density at radius 3 is 2.62 bits per heavy atom. The van der Waals surface area contributed by atoms with E-state index in [4.69, 9.17) is 5.11 Å². The zero-order valence-corrected chi connectivity index (χ0v) is 12.9. The Bertz CT molecular complexity index is 492. The second kappa shape index (κ2) is 7.41. The van der Waals surface area contributed by atoms with Crippen LogP contribution in [0.5, 0.6) is 0 Å². The number of aliphatic hydroxyl groups excluding tert-OH is 1. The fraction of sp³-hybridized carbons (Fsp3) is 0.500. The molecule has 0 fully saturated rings. The summed E-state index contributed by atoms with van der Waals surface area (Å²) in [5.74, 6) is 0.551. The summed E-state index contributed by atoms with van der Waals surface area (Å²) in [5, 5.41) is 12.2. The van der Waals surface area contributed by atoms with Crippen molar-refractivity contribution in [2.75, 3.05) is 6.61 Å². The Labute approximate surface area is 127 Å². The van der Waals surface area contributed by atoms with Gasteiger partial charge >= 0.3 is 0 Å². The van der Waals surface area contributed by atoms with Crippen LogP contribution in [0.15, 0.2) is 36.4 Å². The first-order chi connectivity index (χ1) is 10.1. The number of aliphatic hydroxyl groups is 1. The fourth-order valence-electron chi connectivity index (χ4n) is 2.84. The van der Waals surface area contributed by atoms with Crippen LogP contribution in [0.2, 0.25) is 0 Å². The lowest BCUT2D eigenvalue weighted by Crippen LogP contribution is -2.33. The van der Waals surface area contributed by atoms with Gasteiger partial charge in [-0.25, -0.2) is 0 Å². The molecule has 0 aliphatic heterocycles. The van der Waals surface area contributed by atoms with Gasteiger partial charge in [-0.3, -0.25) is 4.79 Å². The van der Waals surface area contributed by atoms with Crippen molar-refractivity contribution in [1.29, 1.82) is 0 Å². The van der Waals surface area contributed by atoms with E-state index in [0.717, 1.165) is 12.8 Å². The molecule has 1 aromatic rings. The third-order valence-electron chi connectivity index (χ3n) is 4.23. The first kappa shape index (κ1) is 15.8. The van der Waals surface area contributed by atoms with Gasteiger partial charge in [0.1, 0.15) is 0 Å². The maximum Gasteiger partial charge on any atom is 0.221 e. The van der Waals surface area contributed by atoms with Crippen LogP contribution in [0.3, 0.4) is 0 Å². The Morgan fingerprint density at radius 2 is 2.05 bits per heavy atom. The van der Waals surface area contributed by atoms with Crippen molar-refractivity contribution in [1.82, 2.24) is 5.32 Å². The normalized spacial score (nSPS) is 22.2. The molecule has 3 nitrogen and oxygen atoms in total. The van der Waals surface area contributed by atoms with Gasteiger partial charge in [0, 0.05) is 25.0 Å². The Morgan fingerprint density at radius 1 is 1.33 bits per heavy atom. The summed E-state index contributed by atoms with van der Waals surface area (Å²) in [5.41, 5.74) is 2.47. The lowest BCUT2D eigenvalue weighted by Gasteiger charge is -2.18. The molecule has 3 heteroatoms. The van der Waals surface area contributed by atoms with Crippen molar-refractivity contribution in [2.24, 2.45) is 5.92 Å². The minimum atomic E-state index is 0.0742. The molecule has 1 aliphatic rings. The van der Waals surface area contributed by atoms with Crippen molar-refractivity contribution >= 4 is 5.91 Å². The first-order valence-electron chi connectivity index (χ1n) is 7.77. The minimum Gasteiger partial charge on any atom is -0.396 e. The Kier molecular flexibility index (Phi) is 5.57. The molecule has 2 rings (SSSR count). The molecular weight excluding hydrogens is 262 g/mol. The topological polar surface area (TPSA) is 49.3 Å². The lowest BCUT2D eigenvalue weighted by atomic mass is 9.92. The van der Waals surface area contributed by atoms with Gasteiger partial charge in [0.25, 0.3) is 0 Å². The van der Waals surface area contributed by atoms with Crippen LogP contribution in [0, 0.1) is 12.8 Å². The number of nitrogens with one attached hydrogen (secondary N) is 1. The maximum absolute atomic E-state index is 12.2. The van der Waals surface area contributed by atoms with Gasteiger partial charge in [0.05, 0.1) is 0 Å². The molecule has 1 aliphatic carbocycles. The molecule has 21 heavy (non-hydrogen) atoms. The second-order valence-corrected chi connectivity index (χ2v) is 5.96. The number of carbonyl (C=O) groups excluding carboxylic acids is 1. The molecule has 114 valence electrons. The van der Waals surface area contributed by atoms with E-state index >= 15 is 0 Å². The molecule has 0 radical (unpaired) electrons. The van der Waals surface area contributed by atoms with Crippen LogP contribution < -0.4 is 5.32 Å². The quantitative estimate of drug-likeness (QED) is 0.790. The molecule has 0 spiro atoms. The van der Waals surface area contributed by atoms with E-state index < -0.39 is 0 Å². The van der Waals surface area contributed by atoms with Gasteiger partial charge in [-0.15, -0.1) is 0 Å². The zero-order chi connectivity index (χ0) is 15.2. The summed E-state index contributed by atoms with van der Waals surface area (Å²) < 4.78 is 0. The van der Waals surface area contributed by atoms with Crippen LogP contribution >= 0.6 is 0 Å². The Balaban J connectivity index is 1.88. The largest absolute Gasteiger partial charge is 0.396 e. The number of hydrogen-bond acceptors (Lipinski definition) is 2. The monoisotopic (exact) mass is 287 g/mol. The Hall–Kier alpha value is -1.61. The van der Waals surface area contributed by atoms with Gasteiger partial charge in [-0.1, -0.05) is 48.9 Å². The van der Waals surface area contributed by atoms with Crippen LogP contribution in [0.1, 0.15) is 43.2 Å². The van der Waals surface area contributed by atoms with Crippen LogP contribution in [0.4, 0.5) is 0 Å². The molecule has 1 amide bonds. The SMILES string of the molecule is CCC(CC(=O)N[C@@H]1C=C[C@H](CO)C1)c1ccc(C)cc1. The number of benzene rings is 1. The van der Waals surface area contributed by atoms with Crippen molar-refractivity contribution in [3.05, 3.63) is 47.5 Å². The number of amides is 1. The molecule has 0 saturated heterocycles. The highest BCUT2D eigenvalue weighted by atomic mass is 16.3. The molecule has 3 atom stereocenters. The van der Waals surface area contributed by atoms with E-state index in [9.17, 15) is 4.79 Å². The number of hydrogen-bond donors (Lipinski definition) is 2. The summed E-state index contributed by atoms with van der Waals surface area (Å²) in [6.45, 7) is 4.35. The number of carbonyl (C=O) groups is 1. The third-order valence-corrected chi connectivity index (χ3v) is 4.23. The van der Waals surface area contributed by atoms with Gasteiger partial charge < -0.3 is 10.4 Å². The maximum atomic E-state index is 12.2. The molecule has 0 heterocycles. The predicted molar refractivity (Wildman–Crippen MR) is 85.1 cm³/mol. The van der Waals surface area contributed by atoms with Gasteiger partial charge in [0.15, 0.2) is 0 Å². The highest BCUT2D eigenvalue weighted by Crippen LogP contribution is 2.24. The van der Waals surface area contributed by atoms with E-state index in [0.29, 0.717) is 6.42 Å². The summed E-state index contributed by atoms with van der Waals surface area (Å²) in [4.78, 5) is 12.2. The smallest absolute Gasteiger partial charge is 0.221 e. The van der Waals surface area contributed by atoms with E-state index in [1.807, 2.05) is 12.2 Å². The summed E-state index contributed by atoms with van der Waals surface area (Å²) >= 11 is 0. The van der Waals surface area contributed by atoms with Gasteiger partial charge in [0.2, 0.25) is 5.91 Å². The number of aryl methyl sites for hydroxylation is 1. The van der Waals surface area contributed by atoms with Gasteiger partial charge in [-0.05, 0) is 31.2 Å². The van der Waals surface area contributed by atoms with E-state index in [2.05, 4.69) is 43.4 Å². The summed E-state index contributed by atoms with van der Waals surface area (Å²) in [6.07, 6.45) is 6.27. The van der Waals surface area contributed by atoms with Gasteiger partial charge in [-0.2, -0.15) is 0 Å². The van der Waals surface area contributed by atoms with Crippen molar-refractivity contribution in [2.45, 2.75) is 45.1 Å². The molecular formula is C18H25NO2. The van der Waals surface area contributed by atoms with Crippen molar-refractivity contribution in [3.8, 4) is 0 Å². The molecule has 2 N–H and O–H groups in total. The second-order valence-electron chi connectivity index (χ2n) is 5.96. The van der Waals surface area contributed by atoms with Crippen LogP contribution in [0.25, 0.3) is 0 Å². The number of rotatable bonds is 6. The fourth-order valence-corrected chi connectivity index (χ4v) is 2.84. The minimum absolute atomic E-state index is 0.0742. The lowest BCUT2D eigenvalue weighted by molar-refractivity contribution is -0.122. The van der Waals surface area contributed by atoms with Crippen LogP contribution in [-0.4, -0.2) is 23.7 Å². The average molecular weight is 287 g/mol. The molecule has 0 bridgehead atoms.